The van der Waals surface area contributed by atoms with Crippen molar-refractivity contribution in [1.82, 2.24) is 25.2 Å². The summed E-state index contributed by atoms with van der Waals surface area (Å²) >= 11 is 0. The fraction of sp³-hybridized carbons (Fsp3) is 0.174. The largest absolute Gasteiger partial charge is 0.338 e. The quantitative estimate of drug-likeness (QED) is 0.511. The Kier molecular flexibility index (Phi) is 5.81. The molecule has 0 aliphatic carbocycles. The molecule has 0 bridgehead atoms. The zero-order valence-electron chi connectivity index (χ0n) is 16.1. The number of fused-ring (bicyclic) bond motifs is 1. The number of urea groups is 1. The van der Waals surface area contributed by atoms with Crippen molar-refractivity contribution in [3.8, 4) is 0 Å². The van der Waals surface area contributed by atoms with E-state index in [0.717, 1.165) is 22.6 Å². The van der Waals surface area contributed by atoms with Gasteiger partial charge < -0.3 is 15.2 Å². The number of hydrogen-bond acceptors (Lipinski definition) is 3. The number of rotatable bonds is 7. The molecule has 146 valence electrons. The van der Waals surface area contributed by atoms with Crippen LogP contribution in [0.4, 0.5) is 4.79 Å². The van der Waals surface area contributed by atoms with Crippen molar-refractivity contribution in [2.75, 3.05) is 6.54 Å². The fourth-order valence-corrected chi connectivity index (χ4v) is 3.26. The summed E-state index contributed by atoms with van der Waals surface area (Å²) in [7, 11) is 0. The summed E-state index contributed by atoms with van der Waals surface area (Å²) in [6, 6.07) is 23.8. The van der Waals surface area contributed by atoms with E-state index in [9.17, 15) is 4.79 Å². The van der Waals surface area contributed by atoms with Crippen LogP contribution in [0, 0.1) is 0 Å². The van der Waals surface area contributed by atoms with Crippen LogP contribution in [-0.2, 0) is 19.5 Å². The average Bonchev–Trinajstić information content (AvgIpc) is 3.11. The first-order valence-corrected chi connectivity index (χ1v) is 9.69. The Morgan fingerprint density at radius 1 is 0.862 bits per heavy atom. The van der Waals surface area contributed by atoms with Crippen LogP contribution in [-0.4, -0.2) is 27.1 Å². The lowest BCUT2D eigenvalue weighted by Crippen LogP contribution is -2.36. The molecule has 0 saturated heterocycles. The first-order chi connectivity index (χ1) is 14.3. The highest BCUT2D eigenvalue weighted by molar-refractivity contribution is 5.74. The molecule has 2 N–H and O–H groups in total. The number of pyridine rings is 1. The zero-order valence-corrected chi connectivity index (χ0v) is 16.1. The maximum atomic E-state index is 12.1. The Labute approximate surface area is 169 Å². The van der Waals surface area contributed by atoms with Gasteiger partial charge in [-0.25, -0.2) is 14.8 Å². The summed E-state index contributed by atoms with van der Waals surface area (Å²) in [4.78, 5) is 21.3. The topological polar surface area (TPSA) is 71.8 Å². The van der Waals surface area contributed by atoms with Crippen LogP contribution < -0.4 is 10.6 Å². The predicted octanol–water partition coefficient (Wildman–Crippen LogP) is 3.52. The lowest BCUT2D eigenvalue weighted by Gasteiger charge is -2.10. The summed E-state index contributed by atoms with van der Waals surface area (Å²) < 4.78 is 2.12. The number of carbonyl (C=O) groups excluding carboxylic acids is 1. The molecule has 0 aliphatic rings. The minimum atomic E-state index is -0.183. The molecular formula is C23H23N5O. The maximum Gasteiger partial charge on any atom is 0.315 e. The number of aromatic nitrogens is 3. The highest BCUT2D eigenvalue weighted by atomic mass is 16.2. The van der Waals surface area contributed by atoms with Crippen LogP contribution >= 0.6 is 0 Å². The Morgan fingerprint density at radius 3 is 2.34 bits per heavy atom. The lowest BCUT2D eigenvalue weighted by atomic mass is 10.2. The molecule has 4 aromatic rings. The van der Waals surface area contributed by atoms with Crippen LogP contribution in [0.5, 0.6) is 0 Å². The second-order valence-electron chi connectivity index (χ2n) is 6.79. The summed E-state index contributed by atoms with van der Waals surface area (Å²) in [6.45, 7) is 1.70. The number of benzene rings is 2. The Morgan fingerprint density at radius 2 is 1.59 bits per heavy atom. The van der Waals surface area contributed by atoms with E-state index in [0.29, 0.717) is 26.1 Å². The molecular weight excluding hydrogens is 362 g/mol. The molecule has 0 aliphatic heterocycles. The molecule has 0 atom stereocenters. The highest BCUT2D eigenvalue weighted by Gasteiger charge is 2.12. The van der Waals surface area contributed by atoms with Crippen LogP contribution in [0.25, 0.3) is 11.2 Å². The lowest BCUT2D eigenvalue weighted by molar-refractivity contribution is 0.240. The summed E-state index contributed by atoms with van der Waals surface area (Å²) in [6.07, 6.45) is 2.41. The average molecular weight is 385 g/mol. The van der Waals surface area contributed by atoms with Crippen molar-refractivity contribution in [2.45, 2.75) is 19.5 Å². The van der Waals surface area contributed by atoms with Crippen molar-refractivity contribution < 1.29 is 4.79 Å². The number of nitrogens with zero attached hydrogens (tertiary/aromatic N) is 3. The third-order valence-electron chi connectivity index (χ3n) is 4.70. The van der Waals surface area contributed by atoms with Gasteiger partial charge in [0, 0.05) is 25.7 Å². The first-order valence-electron chi connectivity index (χ1n) is 9.69. The Hall–Kier alpha value is -3.67. The molecule has 6 nitrogen and oxygen atoms in total. The third-order valence-corrected chi connectivity index (χ3v) is 4.70. The zero-order chi connectivity index (χ0) is 19.9. The molecule has 0 saturated carbocycles. The van der Waals surface area contributed by atoms with E-state index in [1.807, 2.05) is 60.7 Å². The van der Waals surface area contributed by atoms with Crippen molar-refractivity contribution >= 4 is 17.2 Å². The molecule has 2 heterocycles. The Bertz CT molecular complexity index is 1080. The van der Waals surface area contributed by atoms with E-state index in [2.05, 4.69) is 32.3 Å². The molecule has 29 heavy (non-hydrogen) atoms. The van der Waals surface area contributed by atoms with Gasteiger partial charge in [-0.2, -0.15) is 0 Å². The molecule has 0 fully saturated rings. The van der Waals surface area contributed by atoms with E-state index >= 15 is 0 Å². The summed E-state index contributed by atoms with van der Waals surface area (Å²) in [5.74, 6) is 0.908. The summed E-state index contributed by atoms with van der Waals surface area (Å²) in [5.41, 5.74) is 3.98. The van der Waals surface area contributed by atoms with Crippen LogP contribution in [0.2, 0.25) is 0 Å². The maximum absolute atomic E-state index is 12.1. The third kappa shape index (κ3) is 4.79. The second kappa shape index (κ2) is 9.01. The van der Waals surface area contributed by atoms with Gasteiger partial charge in [0.15, 0.2) is 5.65 Å². The monoisotopic (exact) mass is 385 g/mol. The number of nitrogens with one attached hydrogen (secondary N) is 2. The van der Waals surface area contributed by atoms with E-state index in [4.69, 9.17) is 4.98 Å². The van der Waals surface area contributed by atoms with Gasteiger partial charge in [-0.1, -0.05) is 60.7 Å². The predicted molar refractivity (Wildman–Crippen MR) is 113 cm³/mol. The van der Waals surface area contributed by atoms with E-state index in [1.165, 1.54) is 5.56 Å². The van der Waals surface area contributed by atoms with Crippen LogP contribution in [0.15, 0.2) is 79.0 Å². The van der Waals surface area contributed by atoms with Gasteiger partial charge in [0.2, 0.25) is 0 Å². The molecule has 6 heteroatoms. The van der Waals surface area contributed by atoms with Gasteiger partial charge >= 0.3 is 6.03 Å². The van der Waals surface area contributed by atoms with Gasteiger partial charge in [-0.15, -0.1) is 0 Å². The van der Waals surface area contributed by atoms with E-state index in [1.54, 1.807) is 6.20 Å². The number of amides is 2. The van der Waals surface area contributed by atoms with Crippen LogP contribution in [0.3, 0.4) is 0 Å². The standard InChI is InChI=1S/C23H23N5O/c29-23(26-16-18-8-3-1-4-9-18)25-15-13-21-27-20-12-7-14-24-22(20)28(21)17-19-10-5-2-6-11-19/h1-12,14H,13,15-17H2,(H2,25,26,29). The molecule has 0 radical (unpaired) electrons. The number of imidazole rings is 1. The van der Waals surface area contributed by atoms with Gasteiger partial charge in [0.1, 0.15) is 11.3 Å². The minimum absolute atomic E-state index is 0.183. The van der Waals surface area contributed by atoms with Gasteiger partial charge in [-0.05, 0) is 23.3 Å². The van der Waals surface area contributed by atoms with E-state index in [-0.39, 0.29) is 6.03 Å². The van der Waals surface area contributed by atoms with Crippen molar-refractivity contribution in [3.05, 3.63) is 95.9 Å². The first kappa shape index (κ1) is 18.7. The van der Waals surface area contributed by atoms with Crippen LogP contribution in [0.1, 0.15) is 17.0 Å². The van der Waals surface area contributed by atoms with Gasteiger partial charge in [0.05, 0.1) is 6.54 Å². The second-order valence-corrected chi connectivity index (χ2v) is 6.79. The van der Waals surface area contributed by atoms with Gasteiger partial charge in [-0.3, -0.25) is 0 Å². The molecule has 0 unspecified atom stereocenters. The SMILES string of the molecule is O=C(NCCc1nc2cccnc2n1Cc1ccccc1)NCc1ccccc1. The fourth-order valence-electron chi connectivity index (χ4n) is 3.26. The molecule has 2 aromatic heterocycles. The molecule has 2 amide bonds. The van der Waals surface area contributed by atoms with Crippen molar-refractivity contribution in [3.63, 3.8) is 0 Å². The summed E-state index contributed by atoms with van der Waals surface area (Å²) in [5, 5.41) is 5.79. The highest BCUT2D eigenvalue weighted by Crippen LogP contribution is 2.16. The number of hydrogen-bond donors (Lipinski definition) is 2. The number of carbonyl (C=O) groups is 1. The molecule has 2 aromatic carbocycles. The minimum Gasteiger partial charge on any atom is -0.338 e. The smallest absolute Gasteiger partial charge is 0.315 e. The van der Waals surface area contributed by atoms with E-state index < -0.39 is 0 Å². The normalized spacial score (nSPS) is 10.8. The van der Waals surface area contributed by atoms with Crippen molar-refractivity contribution in [1.29, 1.82) is 0 Å². The van der Waals surface area contributed by atoms with Gasteiger partial charge in [0.25, 0.3) is 0 Å². The van der Waals surface area contributed by atoms with Crippen molar-refractivity contribution in [2.24, 2.45) is 0 Å². The Balaban J connectivity index is 1.39. The molecule has 4 rings (SSSR count). The molecule has 0 spiro atoms.